The van der Waals surface area contributed by atoms with Crippen LogP contribution in [0.2, 0.25) is 0 Å². The molecule has 1 N–H and O–H groups in total. The molecule has 0 aromatic heterocycles. The van der Waals surface area contributed by atoms with Gasteiger partial charge in [-0.25, -0.2) is 0 Å². The first kappa shape index (κ1) is 9.86. The molecule has 0 aliphatic carbocycles. The van der Waals surface area contributed by atoms with Crippen LogP contribution in [0.1, 0.15) is 19.8 Å². The van der Waals surface area contributed by atoms with Gasteiger partial charge in [0.2, 0.25) is 5.91 Å². The van der Waals surface area contributed by atoms with E-state index < -0.39 is 0 Å². The van der Waals surface area contributed by atoms with E-state index in [4.69, 9.17) is 0 Å². The van der Waals surface area contributed by atoms with Gasteiger partial charge >= 0.3 is 0 Å². The number of β-amino-alcohol motifs (C(OH)–C–C–N with tert-alkyl or cyclic N) is 1. The van der Waals surface area contributed by atoms with E-state index in [1.807, 2.05) is 6.92 Å². The van der Waals surface area contributed by atoms with Gasteiger partial charge in [-0.05, 0) is 6.42 Å². The number of hydrogen-bond donors (Lipinski definition) is 2. The van der Waals surface area contributed by atoms with Gasteiger partial charge in [-0.2, -0.15) is 12.6 Å². The summed E-state index contributed by atoms with van der Waals surface area (Å²) in [5.74, 6) is 0.113. The fourth-order valence-corrected chi connectivity index (χ4v) is 1.66. The maximum Gasteiger partial charge on any atom is 0.223 e. The van der Waals surface area contributed by atoms with E-state index in [0.717, 1.165) is 0 Å². The van der Waals surface area contributed by atoms with Gasteiger partial charge in [-0.1, -0.05) is 6.92 Å². The lowest BCUT2D eigenvalue weighted by Crippen LogP contribution is -2.33. The van der Waals surface area contributed by atoms with Crippen LogP contribution in [0.25, 0.3) is 0 Å². The van der Waals surface area contributed by atoms with Crippen molar-refractivity contribution in [2.24, 2.45) is 0 Å². The maximum absolute atomic E-state index is 11.2. The number of nitrogens with zero attached hydrogens (tertiary/aromatic N) is 1. The number of aliphatic hydroxyl groups excluding tert-OH is 1. The van der Waals surface area contributed by atoms with Gasteiger partial charge in [-0.15, -0.1) is 0 Å². The Labute approximate surface area is 78.2 Å². The molecule has 1 fully saturated rings. The zero-order valence-corrected chi connectivity index (χ0v) is 8.13. The molecule has 3 nitrogen and oxygen atoms in total. The Kier molecular flexibility index (Phi) is 3.40. The second-order valence-electron chi connectivity index (χ2n) is 3.22. The van der Waals surface area contributed by atoms with Crippen molar-refractivity contribution in [3.8, 4) is 0 Å². The Bertz CT molecular complexity index is 174. The number of rotatable bonds is 3. The van der Waals surface area contributed by atoms with Crippen LogP contribution >= 0.6 is 12.6 Å². The van der Waals surface area contributed by atoms with Gasteiger partial charge in [0.1, 0.15) is 0 Å². The number of thiol groups is 1. The highest BCUT2D eigenvalue weighted by atomic mass is 32.1. The Morgan fingerprint density at radius 3 is 2.92 bits per heavy atom. The first-order chi connectivity index (χ1) is 5.63. The zero-order valence-electron chi connectivity index (χ0n) is 7.23. The summed E-state index contributed by atoms with van der Waals surface area (Å²) in [4.78, 5) is 12.9. The van der Waals surface area contributed by atoms with Crippen LogP contribution in [0.4, 0.5) is 0 Å². The number of amides is 1. The molecular formula is C8H15NO2S. The first-order valence-corrected chi connectivity index (χ1v) is 4.79. The van der Waals surface area contributed by atoms with Crippen molar-refractivity contribution in [2.45, 2.75) is 31.1 Å². The Hall–Kier alpha value is -0.220. The van der Waals surface area contributed by atoms with E-state index in [0.29, 0.717) is 25.9 Å². The molecule has 2 unspecified atom stereocenters. The van der Waals surface area contributed by atoms with Crippen molar-refractivity contribution < 1.29 is 9.90 Å². The van der Waals surface area contributed by atoms with E-state index in [1.165, 1.54) is 0 Å². The van der Waals surface area contributed by atoms with Crippen LogP contribution in [0.3, 0.4) is 0 Å². The minimum absolute atomic E-state index is 0.113. The summed E-state index contributed by atoms with van der Waals surface area (Å²) < 4.78 is 0. The number of aliphatic hydroxyl groups is 1. The van der Waals surface area contributed by atoms with Crippen molar-refractivity contribution in [2.75, 3.05) is 13.1 Å². The summed E-state index contributed by atoms with van der Waals surface area (Å²) >= 11 is 4.22. The summed E-state index contributed by atoms with van der Waals surface area (Å²) in [5.41, 5.74) is 0. The lowest BCUT2D eigenvalue weighted by molar-refractivity contribution is -0.128. The van der Waals surface area contributed by atoms with Gasteiger partial charge < -0.3 is 10.0 Å². The largest absolute Gasteiger partial charge is 0.391 e. The van der Waals surface area contributed by atoms with Gasteiger partial charge in [0, 0.05) is 24.8 Å². The van der Waals surface area contributed by atoms with Crippen LogP contribution in [0.15, 0.2) is 0 Å². The monoisotopic (exact) mass is 189 g/mol. The molecule has 70 valence electrons. The maximum atomic E-state index is 11.2. The predicted octanol–water partition coefficient (Wildman–Crippen LogP) is 0.288. The molecule has 1 aliphatic rings. The lowest BCUT2D eigenvalue weighted by atomic mass is 10.2. The lowest BCUT2D eigenvalue weighted by Gasteiger charge is -2.18. The fraction of sp³-hybridized carbons (Fsp3) is 0.875. The highest BCUT2D eigenvalue weighted by molar-refractivity contribution is 7.81. The third-order valence-corrected chi connectivity index (χ3v) is 2.44. The predicted molar refractivity (Wildman–Crippen MR) is 50.3 cm³/mol. The van der Waals surface area contributed by atoms with Crippen LogP contribution in [0.5, 0.6) is 0 Å². The van der Waals surface area contributed by atoms with E-state index in [2.05, 4.69) is 12.6 Å². The molecule has 2 atom stereocenters. The third-order valence-electron chi connectivity index (χ3n) is 2.10. The van der Waals surface area contributed by atoms with Crippen LogP contribution in [-0.2, 0) is 4.79 Å². The first-order valence-electron chi connectivity index (χ1n) is 4.27. The highest BCUT2D eigenvalue weighted by Crippen LogP contribution is 2.16. The molecule has 0 aromatic carbocycles. The standard InChI is InChI=1S/C8H15NO2S/c1-2-6(10)4-9-5-7(12)3-8(9)11/h6-7,10,12H,2-5H2,1H3. The fourth-order valence-electron chi connectivity index (χ4n) is 1.31. The van der Waals surface area contributed by atoms with Gasteiger partial charge in [-0.3, -0.25) is 4.79 Å². The molecule has 1 aliphatic heterocycles. The molecule has 4 heteroatoms. The Balaban J connectivity index is 2.37. The molecular weight excluding hydrogens is 174 g/mol. The minimum atomic E-state index is -0.382. The molecule has 1 amide bonds. The molecule has 0 spiro atoms. The Morgan fingerprint density at radius 1 is 1.83 bits per heavy atom. The smallest absolute Gasteiger partial charge is 0.223 e. The molecule has 0 saturated carbocycles. The van der Waals surface area contributed by atoms with E-state index in [-0.39, 0.29) is 17.3 Å². The average Bonchev–Trinajstić information content (AvgIpc) is 2.30. The zero-order chi connectivity index (χ0) is 9.14. The van der Waals surface area contributed by atoms with Gasteiger partial charge in [0.15, 0.2) is 0 Å². The Morgan fingerprint density at radius 2 is 2.50 bits per heavy atom. The summed E-state index contributed by atoms with van der Waals surface area (Å²) in [5, 5.41) is 9.46. The number of likely N-dealkylation sites (tertiary alicyclic amines) is 1. The van der Waals surface area contributed by atoms with Crippen molar-refractivity contribution >= 4 is 18.5 Å². The van der Waals surface area contributed by atoms with E-state index >= 15 is 0 Å². The van der Waals surface area contributed by atoms with E-state index in [1.54, 1.807) is 4.90 Å². The second kappa shape index (κ2) is 4.14. The van der Waals surface area contributed by atoms with Crippen molar-refractivity contribution in [3.63, 3.8) is 0 Å². The van der Waals surface area contributed by atoms with Crippen LogP contribution in [-0.4, -0.2) is 40.4 Å². The quantitative estimate of drug-likeness (QED) is 0.626. The SMILES string of the molecule is CCC(O)CN1CC(S)CC1=O. The molecule has 1 saturated heterocycles. The number of carbonyl (C=O) groups is 1. The van der Waals surface area contributed by atoms with Crippen LogP contribution < -0.4 is 0 Å². The number of hydrogen-bond acceptors (Lipinski definition) is 3. The number of carbonyl (C=O) groups excluding carboxylic acids is 1. The molecule has 1 heterocycles. The summed E-state index contributed by atoms with van der Waals surface area (Å²) in [6.45, 7) is 3.05. The average molecular weight is 189 g/mol. The molecule has 1 rings (SSSR count). The minimum Gasteiger partial charge on any atom is -0.391 e. The van der Waals surface area contributed by atoms with Crippen molar-refractivity contribution in [1.29, 1.82) is 0 Å². The summed E-state index contributed by atoms with van der Waals surface area (Å²) in [6, 6.07) is 0. The van der Waals surface area contributed by atoms with Crippen LogP contribution in [0, 0.1) is 0 Å². The third kappa shape index (κ3) is 2.38. The highest BCUT2D eigenvalue weighted by Gasteiger charge is 2.27. The second-order valence-corrected chi connectivity index (χ2v) is 3.95. The van der Waals surface area contributed by atoms with Crippen molar-refractivity contribution in [1.82, 2.24) is 4.90 Å². The van der Waals surface area contributed by atoms with E-state index in [9.17, 15) is 9.90 Å². The van der Waals surface area contributed by atoms with Gasteiger partial charge in [0.05, 0.1) is 6.10 Å². The summed E-state index contributed by atoms with van der Waals surface area (Å²) in [7, 11) is 0. The molecule has 0 bridgehead atoms. The van der Waals surface area contributed by atoms with Gasteiger partial charge in [0.25, 0.3) is 0 Å². The molecule has 0 aromatic rings. The summed E-state index contributed by atoms with van der Waals surface area (Å²) in [6.07, 6.45) is 0.827. The topological polar surface area (TPSA) is 40.5 Å². The molecule has 0 radical (unpaired) electrons. The molecule has 12 heavy (non-hydrogen) atoms. The van der Waals surface area contributed by atoms with Crippen molar-refractivity contribution in [3.05, 3.63) is 0 Å². The normalized spacial score (nSPS) is 26.4.